The number of carboxylic acid groups (broad SMARTS) is 1. The number of nitrogens with zero attached hydrogens (tertiary/aromatic N) is 1. The fourth-order valence-corrected chi connectivity index (χ4v) is 5.53. The van der Waals surface area contributed by atoms with Crippen molar-refractivity contribution in [2.45, 2.75) is 81.7 Å². The number of rotatable bonds is 24. The third-order valence-electron chi connectivity index (χ3n) is 7.94. The number of aliphatic carboxylic acids is 1. The van der Waals surface area contributed by atoms with Gasteiger partial charge in [-0.1, -0.05) is 18.2 Å². The minimum absolute atomic E-state index is 0.0717. The largest absolute Gasteiger partial charge is 0.481 e. The monoisotopic (exact) mass is 762 g/mol. The molecule has 19 nitrogen and oxygen atoms in total. The van der Waals surface area contributed by atoms with E-state index < -0.39 is 84.8 Å². The molecule has 2 aromatic rings. The van der Waals surface area contributed by atoms with Crippen LogP contribution in [0.15, 0.2) is 35.5 Å². The number of benzene rings is 1. The van der Waals surface area contributed by atoms with Crippen molar-refractivity contribution < 1.29 is 43.8 Å². The van der Waals surface area contributed by atoms with Gasteiger partial charge in [0.1, 0.15) is 30.5 Å². The lowest BCUT2D eigenvalue weighted by molar-refractivity contribution is -0.138. The maximum atomic E-state index is 13.9. The molecule has 0 unspecified atom stereocenters. The molecule has 0 saturated heterocycles. The number of carbonyl (C=O) groups excluding carboxylic acids is 6. The van der Waals surface area contributed by atoms with Crippen LogP contribution in [0.2, 0.25) is 0 Å². The molecule has 53 heavy (non-hydrogen) atoms. The zero-order valence-electron chi connectivity index (χ0n) is 29.6. The van der Waals surface area contributed by atoms with Gasteiger partial charge >= 0.3 is 5.97 Å². The van der Waals surface area contributed by atoms with Crippen LogP contribution in [0, 0.1) is 0 Å². The molecule has 1 aromatic heterocycles. The molecule has 2 rings (SSSR count). The van der Waals surface area contributed by atoms with Crippen LogP contribution in [0.5, 0.6) is 0 Å². The summed E-state index contributed by atoms with van der Waals surface area (Å²) in [6, 6.07) is -0.157. The van der Waals surface area contributed by atoms with E-state index in [1.54, 1.807) is 18.5 Å². The normalized spacial score (nSPS) is 14.3. The van der Waals surface area contributed by atoms with Gasteiger partial charge in [-0.05, 0) is 56.2 Å². The quantitative estimate of drug-likeness (QED) is 0.0226. The number of hydrogen-bond acceptors (Lipinski definition) is 11. The van der Waals surface area contributed by atoms with E-state index in [1.807, 2.05) is 18.2 Å². The van der Waals surface area contributed by atoms with Gasteiger partial charge in [-0.3, -0.25) is 33.8 Å². The molecular formula is C33H50N10O9S. The first-order valence-electron chi connectivity index (χ1n) is 16.8. The summed E-state index contributed by atoms with van der Waals surface area (Å²) in [5.74, 6) is -5.02. The van der Waals surface area contributed by atoms with E-state index in [-0.39, 0.29) is 38.2 Å². The number of thioether (sulfide) groups is 1. The number of para-hydroxylation sites is 1. The smallest absolute Gasteiger partial charge is 0.303 e. The highest BCUT2D eigenvalue weighted by Crippen LogP contribution is 2.19. The van der Waals surface area contributed by atoms with Crippen LogP contribution >= 0.6 is 11.8 Å². The number of carboxylic acids is 1. The van der Waals surface area contributed by atoms with Gasteiger partial charge in [0, 0.05) is 36.5 Å². The van der Waals surface area contributed by atoms with E-state index in [0.717, 1.165) is 10.9 Å². The van der Waals surface area contributed by atoms with Crippen LogP contribution in [0.25, 0.3) is 10.9 Å². The van der Waals surface area contributed by atoms with Gasteiger partial charge in [0.05, 0.1) is 18.7 Å². The van der Waals surface area contributed by atoms with E-state index in [1.165, 1.54) is 18.7 Å². The molecule has 1 heterocycles. The number of hydrogen-bond donors (Lipinski definition) is 11. The number of aliphatic hydroxyl groups excluding tert-OH is 1. The predicted molar refractivity (Wildman–Crippen MR) is 198 cm³/mol. The van der Waals surface area contributed by atoms with Gasteiger partial charge in [-0.2, -0.15) is 11.8 Å². The lowest BCUT2D eigenvalue weighted by Crippen LogP contribution is -2.60. The van der Waals surface area contributed by atoms with Crippen LogP contribution in [0.1, 0.15) is 44.6 Å². The molecule has 5 amide bonds. The Balaban J connectivity index is 2.34. The van der Waals surface area contributed by atoms with Gasteiger partial charge in [-0.15, -0.1) is 0 Å². The van der Waals surface area contributed by atoms with Crippen LogP contribution in [-0.2, 0) is 40.0 Å². The summed E-state index contributed by atoms with van der Waals surface area (Å²) < 4.78 is 0. The summed E-state index contributed by atoms with van der Waals surface area (Å²) >= 11 is 1.37. The van der Waals surface area contributed by atoms with Gasteiger partial charge in [-0.25, -0.2) is 0 Å². The van der Waals surface area contributed by atoms with Crippen molar-refractivity contribution >= 4 is 70.4 Å². The summed E-state index contributed by atoms with van der Waals surface area (Å²) in [6.07, 6.45) is 3.61. The van der Waals surface area contributed by atoms with Crippen molar-refractivity contribution in [3.8, 4) is 0 Å². The Kier molecular flexibility index (Phi) is 18.8. The van der Waals surface area contributed by atoms with Crippen molar-refractivity contribution in [3.63, 3.8) is 0 Å². The molecule has 6 atom stereocenters. The molecule has 20 heteroatoms. The molecule has 0 aliphatic rings. The van der Waals surface area contributed by atoms with E-state index in [2.05, 4.69) is 36.6 Å². The number of nitrogens with two attached hydrogens (primary N) is 3. The number of fused-ring (bicyclic) bond motifs is 1. The Bertz CT molecular complexity index is 1600. The second kappa shape index (κ2) is 22.7. The molecule has 0 bridgehead atoms. The first kappa shape index (κ1) is 44.0. The highest BCUT2D eigenvalue weighted by atomic mass is 32.2. The first-order valence-corrected chi connectivity index (χ1v) is 18.2. The number of amides is 5. The Labute approximate surface area is 310 Å². The Morgan fingerprint density at radius 2 is 1.45 bits per heavy atom. The van der Waals surface area contributed by atoms with Gasteiger partial charge < -0.3 is 63.8 Å². The van der Waals surface area contributed by atoms with Crippen molar-refractivity contribution in [2.24, 2.45) is 22.2 Å². The zero-order chi connectivity index (χ0) is 39.5. The second-order valence-corrected chi connectivity index (χ2v) is 13.2. The summed E-state index contributed by atoms with van der Waals surface area (Å²) in [7, 11) is 0. The molecule has 14 N–H and O–H groups in total. The third-order valence-corrected chi connectivity index (χ3v) is 8.59. The molecule has 1 aromatic carbocycles. The molecule has 0 radical (unpaired) electrons. The van der Waals surface area contributed by atoms with Crippen molar-refractivity contribution in [3.05, 3.63) is 36.0 Å². The number of aliphatic imine (C=N–C) groups is 1. The summed E-state index contributed by atoms with van der Waals surface area (Å²) in [6.45, 7) is 0.788. The Morgan fingerprint density at radius 1 is 0.868 bits per heavy atom. The minimum atomic E-state index is -1.45. The topological polar surface area (TPSA) is 326 Å². The molecule has 0 saturated carbocycles. The van der Waals surface area contributed by atoms with Crippen molar-refractivity contribution in [1.29, 1.82) is 0 Å². The number of H-pyrrole nitrogens is 1. The fraction of sp³-hybridized carbons (Fsp3) is 0.515. The third kappa shape index (κ3) is 15.1. The highest BCUT2D eigenvalue weighted by Gasteiger charge is 2.32. The molecule has 0 aliphatic heterocycles. The summed E-state index contributed by atoms with van der Waals surface area (Å²) in [4.78, 5) is 96.3. The molecule has 292 valence electrons. The highest BCUT2D eigenvalue weighted by molar-refractivity contribution is 7.98. The Morgan fingerprint density at radius 3 is 2.06 bits per heavy atom. The SMILES string of the molecule is CSCC[C@H](NC(=O)[C@H](Cc1c[nH]c2ccccc12)NC(=O)[C@H](CO)NC(=O)[C@H](C)N)C(=O)N[C@@H](CCC(=O)O)C(=O)N[C@H](C=O)CCCN=C(N)N. The molecule has 0 spiro atoms. The first-order chi connectivity index (χ1) is 25.2. The zero-order valence-corrected chi connectivity index (χ0v) is 30.4. The number of carbonyl (C=O) groups is 7. The maximum Gasteiger partial charge on any atom is 0.303 e. The number of aliphatic hydroxyl groups is 1. The van der Waals surface area contributed by atoms with Crippen LogP contribution in [0.4, 0.5) is 0 Å². The van der Waals surface area contributed by atoms with Crippen molar-refractivity contribution in [2.75, 3.05) is 25.2 Å². The molecule has 0 fully saturated rings. The van der Waals surface area contributed by atoms with Crippen molar-refractivity contribution in [1.82, 2.24) is 31.6 Å². The number of aromatic nitrogens is 1. The van der Waals surface area contributed by atoms with E-state index in [4.69, 9.17) is 17.2 Å². The number of nitrogens with one attached hydrogen (secondary N) is 6. The van der Waals surface area contributed by atoms with Gasteiger partial charge in [0.2, 0.25) is 29.5 Å². The fourth-order valence-electron chi connectivity index (χ4n) is 5.06. The Hall–Kier alpha value is -5.21. The maximum absolute atomic E-state index is 13.9. The number of guanidine groups is 1. The van der Waals surface area contributed by atoms with Gasteiger partial charge in [0.25, 0.3) is 0 Å². The molecule has 0 aliphatic carbocycles. The van der Waals surface area contributed by atoms with Crippen LogP contribution < -0.4 is 43.8 Å². The summed E-state index contributed by atoms with van der Waals surface area (Å²) in [5.41, 5.74) is 17.6. The number of aromatic amines is 1. The van der Waals surface area contributed by atoms with Crippen LogP contribution in [-0.4, -0.2) is 124 Å². The van der Waals surface area contributed by atoms with Gasteiger partial charge in [0.15, 0.2) is 5.96 Å². The standard InChI is InChI=1S/C33H50N10O9S/c1-18(34)28(48)43-26(17-45)32(52)42-25(14-19-15-38-22-8-4-3-7-21(19)22)31(51)41-24(11-13-53-2)30(50)40-23(9-10-27(46)47)29(49)39-20(16-44)6-5-12-37-33(35)36/h3-4,7-8,15-16,18,20,23-26,38,45H,5-6,9-14,17,34H2,1-2H3,(H,39,49)(H,40,50)(H,41,51)(H,42,52)(H,43,48)(H,46,47)(H4,35,36,37)/t18-,20-,23-,24-,25-,26-/m0/s1. The lowest BCUT2D eigenvalue weighted by atomic mass is 10.0. The predicted octanol–water partition coefficient (Wildman–Crippen LogP) is -2.66. The number of aldehydes is 1. The van der Waals surface area contributed by atoms with E-state index in [9.17, 15) is 43.8 Å². The van der Waals surface area contributed by atoms with E-state index >= 15 is 0 Å². The molecular weight excluding hydrogens is 712 g/mol. The second-order valence-electron chi connectivity index (χ2n) is 12.2. The average Bonchev–Trinajstić information content (AvgIpc) is 3.53. The van der Waals surface area contributed by atoms with Crippen LogP contribution in [0.3, 0.4) is 0 Å². The average molecular weight is 763 g/mol. The lowest BCUT2D eigenvalue weighted by Gasteiger charge is -2.26. The van der Waals surface area contributed by atoms with E-state index in [0.29, 0.717) is 24.0 Å². The summed E-state index contributed by atoms with van der Waals surface area (Å²) in [5, 5.41) is 32.5. The minimum Gasteiger partial charge on any atom is -0.481 e.